The zero-order valence-corrected chi connectivity index (χ0v) is 10.7. The van der Waals surface area contributed by atoms with Crippen molar-refractivity contribution in [3.8, 4) is 0 Å². The van der Waals surface area contributed by atoms with E-state index in [1.165, 1.54) is 0 Å². The first-order chi connectivity index (χ1) is 8.20. The lowest BCUT2D eigenvalue weighted by atomic mass is 10.0. The van der Waals surface area contributed by atoms with Crippen molar-refractivity contribution in [3.63, 3.8) is 0 Å². The molecule has 1 aliphatic rings. The lowest BCUT2D eigenvalue weighted by Gasteiger charge is -2.32. The summed E-state index contributed by atoms with van der Waals surface area (Å²) in [6.45, 7) is 1.62. The van der Waals surface area contributed by atoms with Crippen LogP contribution in [0, 0.1) is 0 Å². The van der Waals surface area contributed by atoms with Gasteiger partial charge in [-0.2, -0.15) is 0 Å². The van der Waals surface area contributed by atoms with Gasteiger partial charge in [0.2, 0.25) is 0 Å². The van der Waals surface area contributed by atoms with Gasteiger partial charge in [-0.25, -0.2) is 0 Å². The van der Waals surface area contributed by atoms with Crippen LogP contribution in [0.3, 0.4) is 0 Å². The molecule has 1 aliphatic heterocycles. The van der Waals surface area contributed by atoms with Crippen LogP contribution in [0.2, 0.25) is 5.02 Å². The fourth-order valence-electron chi connectivity index (χ4n) is 2.20. The first kappa shape index (κ1) is 12.4. The molecule has 3 nitrogen and oxygen atoms in total. The van der Waals surface area contributed by atoms with Crippen molar-refractivity contribution in [2.75, 3.05) is 20.1 Å². The van der Waals surface area contributed by atoms with Gasteiger partial charge < -0.3 is 10.2 Å². The number of amides is 1. The number of halogens is 1. The van der Waals surface area contributed by atoms with Crippen molar-refractivity contribution in [2.24, 2.45) is 0 Å². The Hall–Kier alpha value is -1.06. The molecule has 2 rings (SSSR count). The molecule has 1 N–H and O–H groups in total. The average Bonchev–Trinajstić information content (AvgIpc) is 2.38. The van der Waals surface area contributed by atoms with E-state index in [-0.39, 0.29) is 5.91 Å². The van der Waals surface area contributed by atoms with E-state index in [4.69, 9.17) is 11.6 Å². The van der Waals surface area contributed by atoms with Gasteiger partial charge in [0.1, 0.15) is 0 Å². The largest absolute Gasteiger partial charge is 0.337 e. The highest BCUT2D eigenvalue weighted by Crippen LogP contribution is 2.16. The molecule has 1 heterocycles. The van der Waals surface area contributed by atoms with Gasteiger partial charge in [-0.1, -0.05) is 17.7 Å². The van der Waals surface area contributed by atoms with Crippen molar-refractivity contribution in [1.82, 2.24) is 10.2 Å². The summed E-state index contributed by atoms with van der Waals surface area (Å²) in [7, 11) is 1.94. The minimum atomic E-state index is 0.0763. The average molecular weight is 253 g/mol. The summed E-state index contributed by atoms with van der Waals surface area (Å²) in [6.07, 6.45) is 2.19. The molecule has 17 heavy (non-hydrogen) atoms. The minimum Gasteiger partial charge on any atom is -0.337 e. The maximum absolute atomic E-state index is 12.3. The number of likely N-dealkylation sites (N-methyl/N-ethyl adjacent to an activating group) is 1. The van der Waals surface area contributed by atoms with Crippen molar-refractivity contribution in [2.45, 2.75) is 18.9 Å². The van der Waals surface area contributed by atoms with Gasteiger partial charge in [0, 0.05) is 29.7 Å². The molecular formula is C13H17ClN2O. The molecule has 1 fully saturated rings. The van der Waals surface area contributed by atoms with Gasteiger partial charge in [0.25, 0.3) is 5.91 Å². The van der Waals surface area contributed by atoms with Gasteiger partial charge in [0.15, 0.2) is 0 Å². The smallest absolute Gasteiger partial charge is 0.253 e. The molecule has 0 unspecified atom stereocenters. The number of hydrogen-bond acceptors (Lipinski definition) is 2. The molecular weight excluding hydrogens is 236 g/mol. The highest BCUT2D eigenvalue weighted by Gasteiger charge is 2.23. The van der Waals surface area contributed by atoms with E-state index in [9.17, 15) is 4.79 Å². The summed E-state index contributed by atoms with van der Waals surface area (Å²) in [4.78, 5) is 14.2. The number of rotatable bonds is 2. The van der Waals surface area contributed by atoms with Crippen LogP contribution < -0.4 is 5.32 Å². The van der Waals surface area contributed by atoms with E-state index in [1.807, 2.05) is 24.1 Å². The molecule has 0 bridgehead atoms. The number of likely N-dealkylation sites (tertiary alicyclic amines) is 1. The number of benzene rings is 1. The first-order valence-corrected chi connectivity index (χ1v) is 6.30. The number of hydrogen-bond donors (Lipinski definition) is 1. The third-order valence-corrected chi connectivity index (χ3v) is 3.42. The third-order valence-electron chi connectivity index (χ3n) is 3.19. The van der Waals surface area contributed by atoms with Crippen LogP contribution in [0.1, 0.15) is 23.2 Å². The Morgan fingerprint density at radius 2 is 2.35 bits per heavy atom. The Kier molecular flexibility index (Phi) is 4.02. The molecule has 0 radical (unpaired) electrons. The second kappa shape index (κ2) is 5.52. The summed E-state index contributed by atoms with van der Waals surface area (Å²) in [5, 5.41) is 3.84. The summed E-state index contributed by atoms with van der Waals surface area (Å²) in [5.74, 6) is 0.0763. The molecule has 0 saturated carbocycles. The Bertz CT molecular complexity index is 408. The van der Waals surface area contributed by atoms with E-state index in [0.717, 1.165) is 25.9 Å². The molecule has 92 valence electrons. The highest BCUT2D eigenvalue weighted by molar-refractivity contribution is 6.30. The monoisotopic (exact) mass is 252 g/mol. The van der Waals surface area contributed by atoms with Crippen LogP contribution in [0.15, 0.2) is 24.3 Å². The van der Waals surface area contributed by atoms with E-state index >= 15 is 0 Å². The van der Waals surface area contributed by atoms with Gasteiger partial charge in [-0.15, -0.1) is 0 Å². The predicted molar refractivity (Wildman–Crippen MR) is 69.4 cm³/mol. The lowest BCUT2D eigenvalue weighted by Crippen LogP contribution is -2.46. The molecule has 1 aromatic carbocycles. The van der Waals surface area contributed by atoms with E-state index in [0.29, 0.717) is 16.6 Å². The summed E-state index contributed by atoms with van der Waals surface area (Å²) in [6, 6.07) is 7.55. The standard InChI is InChI=1S/C13H17ClN2O/c1-15-12-6-3-7-16(9-12)13(17)10-4-2-5-11(14)8-10/h2,4-5,8,12,15H,3,6-7,9H2,1H3/t12-/m0/s1. The fraction of sp³-hybridized carbons (Fsp3) is 0.462. The van der Waals surface area contributed by atoms with E-state index in [2.05, 4.69) is 5.32 Å². The molecule has 1 amide bonds. The zero-order chi connectivity index (χ0) is 12.3. The summed E-state index contributed by atoms with van der Waals surface area (Å²) < 4.78 is 0. The van der Waals surface area contributed by atoms with Crippen LogP contribution in [0.4, 0.5) is 0 Å². The second-order valence-electron chi connectivity index (χ2n) is 4.39. The second-order valence-corrected chi connectivity index (χ2v) is 4.83. The normalized spacial score (nSPS) is 20.4. The van der Waals surface area contributed by atoms with Crippen LogP contribution in [0.5, 0.6) is 0 Å². The van der Waals surface area contributed by atoms with Crippen LogP contribution >= 0.6 is 11.6 Å². The van der Waals surface area contributed by atoms with Gasteiger partial charge in [-0.3, -0.25) is 4.79 Å². The van der Waals surface area contributed by atoms with Crippen LogP contribution in [0.25, 0.3) is 0 Å². The van der Waals surface area contributed by atoms with Crippen molar-refractivity contribution >= 4 is 17.5 Å². The topological polar surface area (TPSA) is 32.3 Å². The Labute approximate surface area is 107 Å². The molecule has 4 heteroatoms. The Balaban J connectivity index is 2.09. The summed E-state index contributed by atoms with van der Waals surface area (Å²) >= 11 is 5.90. The van der Waals surface area contributed by atoms with E-state index < -0.39 is 0 Å². The predicted octanol–water partition coefficient (Wildman–Crippen LogP) is 2.16. The maximum Gasteiger partial charge on any atom is 0.253 e. The van der Waals surface area contributed by atoms with Gasteiger partial charge >= 0.3 is 0 Å². The van der Waals surface area contributed by atoms with Crippen LogP contribution in [-0.2, 0) is 0 Å². The van der Waals surface area contributed by atoms with Crippen LogP contribution in [-0.4, -0.2) is 37.0 Å². The van der Waals surface area contributed by atoms with Crippen molar-refractivity contribution in [3.05, 3.63) is 34.9 Å². The fourth-order valence-corrected chi connectivity index (χ4v) is 2.39. The molecule has 1 saturated heterocycles. The molecule has 0 spiro atoms. The number of nitrogens with zero attached hydrogens (tertiary/aromatic N) is 1. The quantitative estimate of drug-likeness (QED) is 0.875. The SMILES string of the molecule is CN[C@H]1CCCN(C(=O)c2cccc(Cl)c2)C1. The number of carbonyl (C=O) groups excluding carboxylic acids is 1. The molecule has 1 aromatic rings. The molecule has 1 atom stereocenters. The summed E-state index contributed by atoms with van der Waals surface area (Å²) in [5.41, 5.74) is 0.675. The highest BCUT2D eigenvalue weighted by atomic mass is 35.5. The third kappa shape index (κ3) is 2.99. The Morgan fingerprint density at radius 1 is 1.53 bits per heavy atom. The zero-order valence-electron chi connectivity index (χ0n) is 9.95. The number of piperidine rings is 1. The van der Waals surface area contributed by atoms with Gasteiger partial charge in [0.05, 0.1) is 0 Å². The van der Waals surface area contributed by atoms with E-state index in [1.54, 1.807) is 12.1 Å². The number of carbonyl (C=O) groups is 1. The van der Waals surface area contributed by atoms with Crippen molar-refractivity contribution in [1.29, 1.82) is 0 Å². The maximum atomic E-state index is 12.3. The lowest BCUT2D eigenvalue weighted by molar-refractivity contribution is 0.0698. The molecule has 0 aliphatic carbocycles. The first-order valence-electron chi connectivity index (χ1n) is 5.93. The van der Waals surface area contributed by atoms with Crippen molar-refractivity contribution < 1.29 is 4.79 Å². The Morgan fingerprint density at radius 3 is 3.06 bits per heavy atom. The van der Waals surface area contributed by atoms with Gasteiger partial charge in [-0.05, 0) is 38.1 Å². The molecule has 0 aromatic heterocycles. The number of nitrogens with one attached hydrogen (secondary N) is 1. The minimum absolute atomic E-state index is 0.0763.